The molecule has 0 bridgehead atoms. The summed E-state index contributed by atoms with van der Waals surface area (Å²) in [5.74, 6) is 0.441. The van der Waals surface area contributed by atoms with Gasteiger partial charge in [-0.05, 0) is 75.9 Å². The van der Waals surface area contributed by atoms with Gasteiger partial charge in [-0.15, -0.1) is 0 Å². The van der Waals surface area contributed by atoms with Crippen LogP contribution in [0.25, 0.3) is 33.3 Å². The van der Waals surface area contributed by atoms with Crippen molar-refractivity contribution < 1.29 is 13.9 Å². The Morgan fingerprint density at radius 3 is 2.60 bits per heavy atom. The first kappa shape index (κ1) is 25.7. The molecule has 4 heterocycles. The molecule has 1 aliphatic rings. The van der Waals surface area contributed by atoms with Crippen molar-refractivity contribution in [2.75, 3.05) is 24.1 Å². The molecule has 1 saturated heterocycles. The molecule has 10 nitrogen and oxygen atoms in total. The van der Waals surface area contributed by atoms with E-state index in [4.69, 9.17) is 20.0 Å². The molecule has 10 heteroatoms. The zero-order valence-corrected chi connectivity index (χ0v) is 23.1. The number of nitrogen functional groups attached to an aromatic ring is 1. The van der Waals surface area contributed by atoms with Crippen molar-refractivity contribution in [2.24, 2.45) is 0 Å². The lowest BCUT2D eigenvalue weighted by molar-refractivity contribution is 0.0656. The van der Waals surface area contributed by atoms with Crippen LogP contribution in [0.4, 0.5) is 22.3 Å². The molecule has 2 aromatic carbocycles. The van der Waals surface area contributed by atoms with E-state index in [9.17, 15) is 4.79 Å². The number of ether oxygens (including phenoxy) is 1. The van der Waals surface area contributed by atoms with Crippen molar-refractivity contribution in [3.63, 3.8) is 0 Å². The van der Waals surface area contributed by atoms with Crippen LogP contribution in [0.2, 0.25) is 0 Å². The maximum Gasteiger partial charge on any atom is 0.410 e. The molecule has 6 rings (SSSR count). The number of benzene rings is 2. The average Bonchev–Trinajstić information content (AvgIpc) is 3.51. The fourth-order valence-corrected chi connectivity index (χ4v) is 5.43. The molecule has 206 valence electrons. The Hall–Kier alpha value is -4.60. The van der Waals surface area contributed by atoms with Gasteiger partial charge in [-0.3, -0.25) is 4.68 Å². The van der Waals surface area contributed by atoms with E-state index < -0.39 is 0 Å². The maximum absolute atomic E-state index is 12.4. The van der Waals surface area contributed by atoms with Crippen LogP contribution in [0.15, 0.2) is 53.1 Å². The van der Waals surface area contributed by atoms with Gasteiger partial charge in [-0.25, -0.2) is 9.78 Å². The Morgan fingerprint density at radius 2 is 1.88 bits per heavy atom. The van der Waals surface area contributed by atoms with Gasteiger partial charge in [-0.1, -0.05) is 18.2 Å². The topological polar surface area (TPSA) is 124 Å². The average molecular weight is 540 g/mol. The van der Waals surface area contributed by atoms with Crippen LogP contribution >= 0.6 is 0 Å². The number of amides is 1. The summed E-state index contributed by atoms with van der Waals surface area (Å²) in [5, 5.41) is 9.13. The lowest BCUT2D eigenvalue weighted by atomic mass is 10.1. The first-order valence-corrected chi connectivity index (χ1v) is 13.6. The van der Waals surface area contributed by atoms with E-state index in [2.05, 4.69) is 21.4 Å². The van der Waals surface area contributed by atoms with Crippen molar-refractivity contribution in [2.45, 2.75) is 52.7 Å². The molecule has 0 atom stereocenters. The van der Waals surface area contributed by atoms with Crippen LogP contribution in [-0.4, -0.2) is 49.9 Å². The zero-order valence-electron chi connectivity index (χ0n) is 23.1. The first-order valence-electron chi connectivity index (χ1n) is 13.6. The van der Waals surface area contributed by atoms with E-state index in [1.807, 2.05) is 68.8 Å². The molecule has 0 aliphatic carbocycles. The highest BCUT2D eigenvalue weighted by atomic mass is 16.6. The molecule has 3 aromatic heterocycles. The number of nitrogens with two attached hydrogens (primary N) is 1. The molecule has 1 fully saturated rings. The molecule has 0 unspecified atom stereocenters. The number of hydrogen-bond acceptors (Lipinski definition) is 8. The summed E-state index contributed by atoms with van der Waals surface area (Å²) in [6.45, 7) is 9.02. The summed E-state index contributed by atoms with van der Waals surface area (Å²) in [7, 11) is 0. The minimum atomic E-state index is -0.260. The standard InChI is InChI=1S/C30H33N7O3/c1-17(2)39-30(38)36-13-10-22(11-14-36)37-24-9-12-32-28(31)25(24)26(35-37)20-5-7-21(8-6-20)33-29-34-23-16-18(3)15-19(4)27(23)40-29/h5-9,12,15-17,22H,10-11,13-14H2,1-4H3,(H2,31,32)(H,33,34). The van der Waals surface area contributed by atoms with Gasteiger partial charge in [0.15, 0.2) is 5.58 Å². The number of fused-ring (bicyclic) bond motifs is 2. The summed E-state index contributed by atoms with van der Waals surface area (Å²) in [6.07, 6.45) is 2.87. The quantitative estimate of drug-likeness (QED) is 0.264. The Labute approximate surface area is 232 Å². The van der Waals surface area contributed by atoms with Crippen LogP contribution in [0.3, 0.4) is 0 Å². The first-order chi connectivity index (χ1) is 19.3. The molecule has 1 amide bonds. The van der Waals surface area contributed by atoms with Crippen molar-refractivity contribution in [3.05, 3.63) is 59.8 Å². The number of pyridine rings is 1. The summed E-state index contributed by atoms with van der Waals surface area (Å²) >= 11 is 0. The monoisotopic (exact) mass is 539 g/mol. The maximum atomic E-state index is 12.4. The third-order valence-electron chi connectivity index (χ3n) is 7.28. The number of carbonyl (C=O) groups excluding carboxylic acids is 1. The highest BCUT2D eigenvalue weighted by Crippen LogP contribution is 2.36. The third kappa shape index (κ3) is 4.81. The minimum Gasteiger partial charge on any atom is -0.447 e. The fraction of sp³-hybridized carbons (Fsp3) is 0.333. The van der Waals surface area contributed by atoms with Crippen molar-refractivity contribution in [1.82, 2.24) is 24.6 Å². The second kappa shape index (κ2) is 10.2. The van der Waals surface area contributed by atoms with E-state index in [-0.39, 0.29) is 18.2 Å². The smallest absolute Gasteiger partial charge is 0.410 e. The lowest BCUT2D eigenvalue weighted by Gasteiger charge is -2.32. The number of aromatic nitrogens is 4. The van der Waals surface area contributed by atoms with Crippen LogP contribution in [-0.2, 0) is 4.74 Å². The normalized spacial score (nSPS) is 14.4. The largest absolute Gasteiger partial charge is 0.447 e. The molecular formula is C30H33N7O3. The minimum absolute atomic E-state index is 0.133. The Morgan fingerprint density at radius 1 is 1.12 bits per heavy atom. The number of oxazole rings is 1. The predicted molar refractivity (Wildman–Crippen MR) is 156 cm³/mol. The molecule has 1 aliphatic heterocycles. The van der Waals surface area contributed by atoms with E-state index in [0.717, 1.165) is 62.9 Å². The number of piperidine rings is 1. The highest BCUT2D eigenvalue weighted by molar-refractivity contribution is 6.00. The molecule has 3 N–H and O–H groups in total. The van der Waals surface area contributed by atoms with Gasteiger partial charge >= 0.3 is 6.09 Å². The van der Waals surface area contributed by atoms with Gasteiger partial charge in [0.05, 0.1) is 23.0 Å². The molecule has 0 radical (unpaired) electrons. The van der Waals surface area contributed by atoms with Gasteiger partial charge < -0.3 is 25.1 Å². The van der Waals surface area contributed by atoms with Crippen LogP contribution < -0.4 is 11.1 Å². The molecular weight excluding hydrogens is 506 g/mol. The summed E-state index contributed by atoms with van der Waals surface area (Å²) in [6, 6.07) is 14.6. The second-order valence-electron chi connectivity index (χ2n) is 10.7. The summed E-state index contributed by atoms with van der Waals surface area (Å²) < 4.78 is 13.4. The number of aryl methyl sites for hydroxylation is 2. The third-order valence-corrected chi connectivity index (χ3v) is 7.28. The number of carbonyl (C=O) groups is 1. The van der Waals surface area contributed by atoms with Crippen LogP contribution in [0.1, 0.15) is 43.9 Å². The van der Waals surface area contributed by atoms with E-state index in [1.165, 1.54) is 0 Å². The lowest BCUT2D eigenvalue weighted by Crippen LogP contribution is -2.40. The number of likely N-dealkylation sites (tertiary alicyclic amines) is 1. The summed E-state index contributed by atoms with van der Waals surface area (Å²) in [4.78, 5) is 23.1. The van der Waals surface area contributed by atoms with Crippen molar-refractivity contribution >= 4 is 45.6 Å². The van der Waals surface area contributed by atoms with E-state index >= 15 is 0 Å². The second-order valence-corrected chi connectivity index (χ2v) is 10.7. The van der Waals surface area contributed by atoms with E-state index in [0.29, 0.717) is 24.9 Å². The zero-order chi connectivity index (χ0) is 28.0. The van der Waals surface area contributed by atoms with Gasteiger partial charge in [0.25, 0.3) is 6.01 Å². The van der Waals surface area contributed by atoms with Crippen molar-refractivity contribution in [1.29, 1.82) is 0 Å². The number of rotatable bonds is 5. The number of hydrogen-bond donors (Lipinski definition) is 2. The molecule has 5 aromatic rings. The molecule has 0 spiro atoms. The Balaban J connectivity index is 1.25. The SMILES string of the molecule is Cc1cc(C)c2oc(Nc3ccc(-c4nn(C5CCN(C(=O)OC(C)C)CC5)c5ccnc(N)c45)cc3)nc2c1. The van der Waals surface area contributed by atoms with Gasteiger partial charge in [-0.2, -0.15) is 10.1 Å². The van der Waals surface area contributed by atoms with Crippen LogP contribution in [0.5, 0.6) is 0 Å². The number of anilines is 3. The van der Waals surface area contributed by atoms with E-state index in [1.54, 1.807) is 11.1 Å². The van der Waals surface area contributed by atoms with Gasteiger partial charge in [0, 0.05) is 30.5 Å². The Bertz CT molecular complexity index is 1700. The van der Waals surface area contributed by atoms with Crippen molar-refractivity contribution in [3.8, 4) is 11.3 Å². The molecule has 0 saturated carbocycles. The Kier molecular flexibility index (Phi) is 6.53. The summed E-state index contributed by atoms with van der Waals surface area (Å²) in [5.41, 5.74) is 13.7. The van der Waals surface area contributed by atoms with Gasteiger partial charge in [0.1, 0.15) is 17.0 Å². The number of nitrogens with zero attached hydrogens (tertiary/aromatic N) is 5. The van der Waals surface area contributed by atoms with Gasteiger partial charge in [0.2, 0.25) is 0 Å². The fourth-order valence-electron chi connectivity index (χ4n) is 5.43. The number of nitrogens with one attached hydrogen (secondary N) is 1. The van der Waals surface area contributed by atoms with Crippen LogP contribution in [0, 0.1) is 13.8 Å². The predicted octanol–water partition coefficient (Wildman–Crippen LogP) is 6.36. The highest BCUT2D eigenvalue weighted by Gasteiger charge is 2.28. The molecule has 40 heavy (non-hydrogen) atoms.